The Hall–Kier alpha value is -3.06. The molecule has 0 fully saturated rings. The number of aromatic nitrogens is 1. The molecule has 6 nitrogen and oxygen atoms in total. The van der Waals surface area contributed by atoms with Gasteiger partial charge in [0.2, 0.25) is 5.91 Å². The van der Waals surface area contributed by atoms with Crippen LogP contribution < -0.4 is 19.1 Å². The number of carbonyl (C=O) groups excluding carboxylic acids is 1. The molecule has 7 heteroatoms. The van der Waals surface area contributed by atoms with Crippen molar-refractivity contribution in [2.75, 3.05) is 26.2 Å². The van der Waals surface area contributed by atoms with Gasteiger partial charge in [-0.2, -0.15) is 0 Å². The number of aryl methyl sites for hydroxylation is 1. The van der Waals surface area contributed by atoms with Gasteiger partial charge < -0.3 is 14.2 Å². The maximum atomic E-state index is 13.1. The fraction of sp³-hybridized carbons (Fsp3) is 0.304. The van der Waals surface area contributed by atoms with Gasteiger partial charge in [0.05, 0.1) is 32.7 Å². The van der Waals surface area contributed by atoms with E-state index in [4.69, 9.17) is 19.2 Å². The monoisotopic (exact) mass is 426 g/mol. The highest BCUT2D eigenvalue weighted by Gasteiger charge is 2.26. The maximum absolute atomic E-state index is 13.1. The van der Waals surface area contributed by atoms with Crippen LogP contribution in [0.25, 0.3) is 11.3 Å². The molecule has 0 spiro atoms. The SMILES string of the molecule is CCCC(=O)N(c1nc(-c2ccc(OC)cc2)c(C)s1)c1cc(OC)ccc1OC. The fourth-order valence-electron chi connectivity index (χ4n) is 3.14. The third kappa shape index (κ3) is 4.41. The summed E-state index contributed by atoms with van der Waals surface area (Å²) < 4.78 is 16.2. The van der Waals surface area contributed by atoms with E-state index < -0.39 is 0 Å². The molecule has 0 aliphatic heterocycles. The first-order chi connectivity index (χ1) is 14.5. The van der Waals surface area contributed by atoms with Gasteiger partial charge in [-0.15, -0.1) is 11.3 Å². The lowest BCUT2D eigenvalue weighted by Crippen LogP contribution is -2.26. The zero-order valence-electron chi connectivity index (χ0n) is 17.9. The first-order valence-corrected chi connectivity index (χ1v) is 10.5. The van der Waals surface area contributed by atoms with Gasteiger partial charge in [0.15, 0.2) is 5.13 Å². The second-order valence-corrected chi connectivity index (χ2v) is 7.83. The van der Waals surface area contributed by atoms with Gasteiger partial charge in [0.1, 0.15) is 17.2 Å². The molecule has 1 heterocycles. The predicted molar refractivity (Wildman–Crippen MR) is 120 cm³/mol. The summed E-state index contributed by atoms with van der Waals surface area (Å²) in [6.45, 7) is 3.99. The molecule has 158 valence electrons. The van der Waals surface area contributed by atoms with Crippen molar-refractivity contribution in [2.24, 2.45) is 0 Å². The predicted octanol–water partition coefficient (Wildman–Crippen LogP) is 5.61. The van der Waals surface area contributed by atoms with Gasteiger partial charge >= 0.3 is 0 Å². The van der Waals surface area contributed by atoms with E-state index in [0.29, 0.717) is 28.7 Å². The summed E-state index contributed by atoms with van der Waals surface area (Å²) in [4.78, 5) is 20.6. The van der Waals surface area contributed by atoms with Crippen LogP contribution in [-0.4, -0.2) is 32.2 Å². The van der Waals surface area contributed by atoms with Crippen molar-refractivity contribution in [1.82, 2.24) is 4.98 Å². The van der Waals surface area contributed by atoms with Crippen LogP contribution in [-0.2, 0) is 4.79 Å². The van der Waals surface area contributed by atoms with Crippen LogP contribution in [0.2, 0.25) is 0 Å². The number of thiazole rings is 1. The average molecular weight is 427 g/mol. The van der Waals surface area contributed by atoms with Crippen molar-refractivity contribution in [3.05, 3.63) is 47.3 Å². The number of rotatable bonds is 8. The highest BCUT2D eigenvalue weighted by atomic mass is 32.1. The number of anilines is 2. The number of carbonyl (C=O) groups is 1. The minimum absolute atomic E-state index is 0.0425. The van der Waals surface area contributed by atoms with Gasteiger partial charge in [0.25, 0.3) is 0 Å². The van der Waals surface area contributed by atoms with E-state index in [1.54, 1.807) is 44.4 Å². The quantitative estimate of drug-likeness (QED) is 0.469. The molecule has 3 rings (SSSR count). The molecule has 0 saturated heterocycles. The topological polar surface area (TPSA) is 60.9 Å². The van der Waals surface area contributed by atoms with E-state index in [1.165, 1.54) is 11.3 Å². The summed E-state index contributed by atoms with van der Waals surface area (Å²) in [5, 5.41) is 0.600. The molecule has 30 heavy (non-hydrogen) atoms. The maximum Gasteiger partial charge on any atom is 0.233 e. The summed E-state index contributed by atoms with van der Waals surface area (Å²) in [6.07, 6.45) is 1.13. The highest BCUT2D eigenvalue weighted by Crippen LogP contribution is 2.41. The minimum Gasteiger partial charge on any atom is -0.497 e. The molecular weight excluding hydrogens is 400 g/mol. The van der Waals surface area contributed by atoms with Gasteiger partial charge in [-0.05, 0) is 49.7 Å². The van der Waals surface area contributed by atoms with Gasteiger partial charge in [-0.1, -0.05) is 6.92 Å². The zero-order valence-corrected chi connectivity index (χ0v) is 18.7. The van der Waals surface area contributed by atoms with E-state index in [9.17, 15) is 4.79 Å². The van der Waals surface area contributed by atoms with Crippen molar-refractivity contribution < 1.29 is 19.0 Å². The van der Waals surface area contributed by atoms with Crippen molar-refractivity contribution in [2.45, 2.75) is 26.7 Å². The number of amides is 1. The van der Waals surface area contributed by atoms with Gasteiger partial charge in [0, 0.05) is 22.9 Å². The van der Waals surface area contributed by atoms with E-state index in [0.717, 1.165) is 28.3 Å². The second kappa shape index (κ2) is 9.63. The first-order valence-electron chi connectivity index (χ1n) is 9.69. The molecule has 0 aliphatic rings. The molecule has 1 aromatic heterocycles. The molecule has 2 aromatic carbocycles. The van der Waals surface area contributed by atoms with Crippen LogP contribution in [0.15, 0.2) is 42.5 Å². The lowest BCUT2D eigenvalue weighted by Gasteiger charge is -2.22. The lowest BCUT2D eigenvalue weighted by atomic mass is 10.1. The fourth-order valence-corrected chi connectivity index (χ4v) is 4.10. The number of methoxy groups -OCH3 is 3. The molecule has 0 N–H and O–H groups in total. The van der Waals surface area contributed by atoms with Gasteiger partial charge in [-0.25, -0.2) is 4.98 Å². The molecule has 0 radical (unpaired) electrons. The van der Waals surface area contributed by atoms with E-state index >= 15 is 0 Å². The highest BCUT2D eigenvalue weighted by molar-refractivity contribution is 7.16. The van der Waals surface area contributed by atoms with E-state index in [1.807, 2.05) is 38.1 Å². The Kier molecular flexibility index (Phi) is 6.95. The van der Waals surface area contributed by atoms with E-state index in [2.05, 4.69) is 0 Å². The summed E-state index contributed by atoms with van der Waals surface area (Å²) in [6, 6.07) is 13.1. The average Bonchev–Trinajstić information content (AvgIpc) is 3.15. The third-order valence-electron chi connectivity index (χ3n) is 4.68. The number of benzene rings is 2. The smallest absolute Gasteiger partial charge is 0.233 e. The Balaban J connectivity index is 2.11. The second-order valence-electron chi connectivity index (χ2n) is 6.65. The minimum atomic E-state index is -0.0425. The standard InChI is InChI=1S/C23H26N2O4S/c1-6-7-21(26)25(19-14-18(28-4)12-13-20(19)29-5)23-24-22(15(2)30-23)16-8-10-17(27-3)11-9-16/h8-14H,6-7H2,1-5H3. The number of hydrogen-bond donors (Lipinski definition) is 0. The summed E-state index contributed by atoms with van der Waals surface area (Å²) in [5.41, 5.74) is 2.43. The number of ether oxygens (including phenoxy) is 3. The molecule has 3 aromatic rings. The first kappa shape index (κ1) is 21.6. The molecule has 0 saturated carbocycles. The zero-order chi connectivity index (χ0) is 21.7. The Labute approximate surface area is 181 Å². The Morgan fingerprint density at radius 1 is 1.00 bits per heavy atom. The van der Waals surface area contributed by atoms with Crippen LogP contribution in [0.1, 0.15) is 24.6 Å². The molecule has 0 bridgehead atoms. The molecule has 0 aliphatic carbocycles. The number of nitrogens with zero attached hydrogens (tertiary/aromatic N) is 2. The molecule has 1 amide bonds. The molecule has 0 unspecified atom stereocenters. The summed E-state index contributed by atoms with van der Waals surface area (Å²) in [7, 11) is 4.82. The van der Waals surface area contributed by atoms with Crippen LogP contribution in [0.4, 0.5) is 10.8 Å². The van der Waals surface area contributed by atoms with Crippen LogP contribution in [0.3, 0.4) is 0 Å². The van der Waals surface area contributed by atoms with Crippen LogP contribution in [0, 0.1) is 6.92 Å². The Morgan fingerprint density at radius 3 is 2.27 bits per heavy atom. The Morgan fingerprint density at radius 2 is 1.67 bits per heavy atom. The van der Waals surface area contributed by atoms with Crippen LogP contribution in [0.5, 0.6) is 17.2 Å². The largest absolute Gasteiger partial charge is 0.497 e. The summed E-state index contributed by atoms with van der Waals surface area (Å²) >= 11 is 1.48. The van der Waals surface area contributed by atoms with Crippen molar-refractivity contribution in [3.63, 3.8) is 0 Å². The van der Waals surface area contributed by atoms with E-state index in [-0.39, 0.29) is 5.91 Å². The molecular formula is C23H26N2O4S. The normalized spacial score (nSPS) is 10.6. The summed E-state index contributed by atoms with van der Waals surface area (Å²) in [5.74, 6) is 1.97. The van der Waals surface area contributed by atoms with Crippen molar-refractivity contribution in [1.29, 1.82) is 0 Å². The Bertz CT molecular complexity index is 1010. The third-order valence-corrected chi connectivity index (χ3v) is 5.64. The van der Waals surface area contributed by atoms with Crippen molar-refractivity contribution in [3.8, 4) is 28.5 Å². The van der Waals surface area contributed by atoms with Crippen molar-refractivity contribution >= 4 is 28.1 Å². The lowest BCUT2D eigenvalue weighted by molar-refractivity contribution is -0.117. The van der Waals surface area contributed by atoms with Gasteiger partial charge in [-0.3, -0.25) is 9.69 Å². The van der Waals surface area contributed by atoms with Crippen LogP contribution >= 0.6 is 11.3 Å². The molecule has 0 atom stereocenters. The number of hydrogen-bond acceptors (Lipinski definition) is 6.